The second-order valence-electron chi connectivity index (χ2n) is 2.31. The molecule has 0 unspecified atom stereocenters. The molecule has 70 valence electrons. The van der Waals surface area contributed by atoms with Crippen molar-refractivity contribution in [3.63, 3.8) is 0 Å². The van der Waals surface area contributed by atoms with Crippen LogP contribution in [0.15, 0.2) is 0 Å². The molecule has 0 aliphatic carbocycles. The smallest absolute Gasteiger partial charge is 0.349 e. The lowest BCUT2D eigenvalue weighted by Crippen LogP contribution is -2.32. The number of nitrogens with one attached hydrogen (secondary N) is 1. The molecule has 0 bridgehead atoms. The molecular weight excluding hydrogens is 166 g/mol. The summed E-state index contributed by atoms with van der Waals surface area (Å²) in [7, 11) is 0. The van der Waals surface area contributed by atoms with Crippen LogP contribution in [-0.2, 0) is 4.79 Å². The fourth-order valence-corrected chi connectivity index (χ4v) is 0.554. The third kappa shape index (κ3) is 3.42. The Morgan fingerprint density at radius 1 is 1.33 bits per heavy atom. The number of aliphatic hydroxyl groups excluding tert-OH is 3. The van der Waals surface area contributed by atoms with Crippen LogP contribution in [0.1, 0.15) is 6.42 Å². The first-order valence-electron chi connectivity index (χ1n) is 3.26. The van der Waals surface area contributed by atoms with Crippen LogP contribution in [0.2, 0.25) is 0 Å². The Balaban J connectivity index is 3.92. The van der Waals surface area contributed by atoms with Gasteiger partial charge in [0.2, 0.25) is 0 Å². The van der Waals surface area contributed by atoms with Gasteiger partial charge in [-0.15, -0.1) is 0 Å². The third-order valence-electron chi connectivity index (χ3n) is 1.30. The number of hydrogen-bond donors (Lipinski definition) is 5. The molecule has 0 radical (unpaired) electrons. The van der Waals surface area contributed by atoms with Crippen molar-refractivity contribution in [3.05, 3.63) is 0 Å². The monoisotopic (exact) mass is 177 g/mol. The van der Waals surface area contributed by atoms with Crippen LogP contribution in [0.3, 0.4) is 0 Å². The zero-order valence-electron chi connectivity index (χ0n) is 6.27. The molecule has 0 amide bonds. The van der Waals surface area contributed by atoms with Crippen molar-refractivity contribution in [2.75, 3.05) is 6.61 Å². The maximum atomic E-state index is 10.1. The molecule has 0 heterocycles. The number of aliphatic carboxylic acids is 1. The van der Waals surface area contributed by atoms with Gasteiger partial charge in [0.05, 0.1) is 12.7 Å². The lowest BCUT2D eigenvalue weighted by molar-refractivity contribution is -0.129. The predicted molar refractivity (Wildman–Crippen MR) is 39.1 cm³/mol. The second kappa shape index (κ2) is 4.81. The van der Waals surface area contributed by atoms with E-state index in [0.29, 0.717) is 0 Å². The number of rotatable bonds is 5. The lowest BCUT2D eigenvalue weighted by atomic mass is 10.1. The maximum Gasteiger partial charge on any atom is 0.349 e. The maximum absolute atomic E-state index is 10.1. The van der Waals surface area contributed by atoms with Crippen molar-refractivity contribution in [3.8, 4) is 0 Å². The molecule has 6 nitrogen and oxygen atoms in total. The topological polar surface area (TPSA) is 122 Å². The largest absolute Gasteiger partial charge is 0.477 e. The van der Waals surface area contributed by atoms with E-state index in [0.717, 1.165) is 0 Å². The summed E-state index contributed by atoms with van der Waals surface area (Å²) in [5, 5.41) is 41.0. The van der Waals surface area contributed by atoms with E-state index >= 15 is 0 Å². The van der Waals surface area contributed by atoms with E-state index < -0.39 is 36.9 Å². The van der Waals surface area contributed by atoms with E-state index in [1.54, 1.807) is 0 Å². The number of hydrogen-bond acceptors (Lipinski definition) is 5. The van der Waals surface area contributed by atoms with Crippen molar-refractivity contribution < 1.29 is 25.2 Å². The Hall–Kier alpha value is -0.980. The zero-order chi connectivity index (χ0) is 9.72. The van der Waals surface area contributed by atoms with E-state index in [9.17, 15) is 4.79 Å². The predicted octanol–water partition coefficient (Wildman–Crippen LogP) is -1.81. The Morgan fingerprint density at radius 2 is 1.83 bits per heavy atom. The van der Waals surface area contributed by atoms with E-state index in [1.165, 1.54) is 0 Å². The average molecular weight is 177 g/mol. The van der Waals surface area contributed by atoms with Crippen LogP contribution in [0.5, 0.6) is 0 Å². The first-order valence-corrected chi connectivity index (χ1v) is 3.26. The summed E-state index contributed by atoms with van der Waals surface area (Å²) >= 11 is 0. The minimum Gasteiger partial charge on any atom is -0.477 e. The number of carbonyl (C=O) groups is 1. The summed E-state index contributed by atoms with van der Waals surface area (Å²) in [6.45, 7) is -0.659. The number of carboxylic acid groups (broad SMARTS) is 1. The standard InChI is InChI=1S/C6H11NO5/c7-3(6(11)12)1-4(9)5(10)2-8/h4-5,7-10H,1-2H2,(H,11,12)/t4-,5+/m0/s1. The quantitative estimate of drug-likeness (QED) is 0.317. The molecule has 0 saturated carbocycles. The van der Waals surface area contributed by atoms with Crippen molar-refractivity contribution in [2.24, 2.45) is 0 Å². The molecule has 0 aliphatic rings. The van der Waals surface area contributed by atoms with Gasteiger partial charge in [-0.1, -0.05) is 0 Å². The van der Waals surface area contributed by atoms with E-state index in [1.807, 2.05) is 0 Å². The molecule has 0 aromatic heterocycles. The lowest BCUT2D eigenvalue weighted by Gasteiger charge is -2.13. The summed E-state index contributed by atoms with van der Waals surface area (Å²) in [6.07, 6.45) is -3.28. The second-order valence-corrected chi connectivity index (χ2v) is 2.31. The fourth-order valence-electron chi connectivity index (χ4n) is 0.554. The van der Waals surface area contributed by atoms with E-state index in [-0.39, 0.29) is 0 Å². The molecule has 0 rings (SSSR count). The molecular formula is C6H11NO5. The molecule has 0 aromatic rings. The van der Waals surface area contributed by atoms with Gasteiger partial charge in [0.1, 0.15) is 11.8 Å². The number of carboxylic acids is 1. The highest BCUT2D eigenvalue weighted by Crippen LogP contribution is 1.99. The Morgan fingerprint density at radius 3 is 2.17 bits per heavy atom. The summed E-state index contributed by atoms with van der Waals surface area (Å²) in [5.41, 5.74) is -0.699. The van der Waals surface area contributed by atoms with Crippen molar-refractivity contribution in [1.82, 2.24) is 0 Å². The van der Waals surface area contributed by atoms with Crippen molar-refractivity contribution in [2.45, 2.75) is 18.6 Å². The van der Waals surface area contributed by atoms with Crippen LogP contribution < -0.4 is 0 Å². The van der Waals surface area contributed by atoms with Gasteiger partial charge in [0.25, 0.3) is 0 Å². The Labute approximate surface area is 68.6 Å². The molecule has 0 aromatic carbocycles. The van der Waals surface area contributed by atoms with Crippen LogP contribution in [0, 0.1) is 5.41 Å². The first kappa shape index (κ1) is 11.0. The Bertz CT molecular complexity index is 181. The van der Waals surface area contributed by atoms with Gasteiger partial charge >= 0.3 is 5.97 Å². The van der Waals surface area contributed by atoms with Gasteiger partial charge in [0, 0.05) is 6.42 Å². The first-order chi connectivity index (χ1) is 5.49. The number of aliphatic hydroxyl groups is 3. The molecule has 12 heavy (non-hydrogen) atoms. The highest BCUT2D eigenvalue weighted by atomic mass is 16.4. The molecule has 2 atom stereocenters. The molecule has 5 N–H and O–H groups in total. The van der Waals surface area contributed by atoms with Crippen molar-refractivity contribution >= 4 is 11.7 Å². The van der Waals surface area contributed by atoms with Gasteiger partial charge in [-0.3, -0.25) is 5.41 Å². The summed E-state index contributed by atoms with van der Waals surface area (Å²) < 4.78 is 0. The van der Waals surface area contributed by atoms with Gasteiger partial charge < -0.3 is 20.4 Å². The fraction of sp³-hybridized carbons (Fsp3) is 0.667. The highest BCUT2D eigenvalue weighted by molar-refractivity contribution is 6.34. The molecule has 0 saturated heterocycles. The molecule has 6 heteroatoms. The Kier molecular flexibility index (Phi) is 4.42. The van der Waals surface area contributed by atoms with Crippen molar-refractivity contribution in [1.29, 1.82) is 5.41 Å². The average Bonchev–Trinajstić information content (AvgIpc) is 2.02. The van der Waals surface area contributed by atoms with Crippen LogP contribution >= 0.6 is 0 Å². The van der Waals surface area contributed by atoms with Gasteiger partial charge in [-0.05, 0) is 0 Å². The van der Waals surface area contributed by atoms with E-state index in [4.69, 9.17) is 25.8 Å². The van der Waals surface area contributed by atoms with Gasteiger partial charge in [-0.25, -0.2) is 4.79 Å². The normalized spacial score (nSPS) is 15.2. The molecule has 0 fully saturated rings. The molecule has 0 spiro atoms. The minimum absolute atomic E-state index is 0.475. The molecule has 0 aliphatic heterocycles. The van der Waals surface area contributed by atoms with E-state index in [2.05, 4.69) is 0 Å². The summed E-state index contributed by atoms with van der Waals surface area (Å²) in [4.78, 5) is 10.1. The zero-order valence-corrected chi connectivity index (χ0v) is 6.27. The summed E-state index contributed by atoms with van der Waals surface area (Å²) in [6, 6.07) is 0. The summed E-state index contributed by atoms with van der Waals surface area (Å²) in [5.74, 6) is -1.45. The van der Waals surface area contributed by atoms with Gasteiger partial charge in [-0.2, -0.15) is 0 Å². The SMILES string of the molecule is N=C(C[C@H](O)[C@H](O)CO)C(=O)O. The third-order valence-corrected chi connectivity index (χ3v) is 1.30. The van der Waals surface area contributed by atoms with Crippen LogP contribution in [0.4, 0.5) is 0 Å². The minimum atomic E-state index is -1.45. The van der Waals surface area contributed by atoms with Crippen LogP contribution in [0.25, 0.3) is 0 Å². The van der Waals surface area contributed by atoms with Crippen LogP contribution in [-0.4, -0.2) is 50.9 Å². The van der Waals surface area contributed by atoms with Gasteiger partial charge in [0.15, 0.2) is 0 Å². The highest BCUT2D eigenvalue weighted by Gasteiger charge is 2.19.